The van der Waals surface area contributed by atoms with Gasteiger partial charge in [-0.1, -0.05) is 61.9 Å². The first-order valence-electron chi connectivity index (χ1n) is 9.04. The number of anilines is 1. The van der Waals surface area contributed by atoms with E-state index in [4.69, 9.17) is 11.6 Å². The molecule has 2 N–H and O–H groups in total. The summed E-state index contributed by atoms with van der Waals surface area (Å²) < 4.78 is 0. The third kappa shape index (κ3) is 9.75. The topological polar surface area (TPSA) is 96.9 Å². The highest BCUT2D eigenvalue weighted by molar-refractivity contribution is 6.65. The van der Waals surface area contributed by atoms with Gasteiger partial charge in [0.1, 0.15) is 0 Å². The van der Waals surface area contributed by atoms with Crippen molar-refractivity contribution in [1.29, 1.82) is 0 Å². The van der Waals surface area contributed by atoms with Crippen molar-refractivity contribution < 1.29 is 19.2 Å². The molecule has 1 aromatic carbocycles. The Kier molecular flexibility index (Phi) is 10.8. The Hall–Kier alpha value is -2.41. The number of ketones is 1. The van der Waals surface area contributed by atoms with Crippen LogP contribution in [0.5, 0.6) is 0 Å². The van der Waals surface area contributed by atoms with Crippen molar-refractivity contribution in [2.24, 2.45) is 5.16 Å². The van der Waals surface area contributed by atoms with E-state index in [-0.39, 0.29) is 0 Å². The van der Waals surface area contributed by atoms with Crippen LogP contribution in [0.25, 0.3) is 0 Å². The Morgan fingerprint density at radius 1 is 1.11 bits per heavy atom. The summed E-state index contributed by atoms with van der Waals surface area (Å²) in [4.78, 5) is 40.0. The van der Waals surface area contributed by atoms with Crippen molar-refractivity contribution in [3.05, 3.63) is 29.3 Å². The summed E-state index contributed by atoms with van der Waals surface area (Å²) in [6.45, 7) is 3.77. The van der Waals surface area contributed by atoms with E-state index < -0.39 is 23.5 Å². The zero-order valence-electron chi connectivity index (χ0n) is 15.7. The van der Waals surface area contributed by atoms with Crippen LogP contribution < -0.4 is 10.6 Å². The van der Waals surface area contributed by atoms with Gasteiger partial charge in [0.15, 0.2) is 5.78 Å². The van der Waals surface area contributed by atoms with Crippen LogP contribution in [0.3, 0.4) is 0 Å². The van der Waals surface area contributed by atoms with Gasteiger partial charge >= 0.3 is 6.09 Å². The van der Waals surface area contributed by atoms with Gasteiger partial charge in [-0.05, 0) is 24.6 Å². The van der Waals surface area contributed by atoms with Gasteiger partial charge in [0, 0.05) is 24.2 Å². The highest BCUT2D eigenvalue weighted by Crippen LogP contribution is 2.15. The molecule has 0 saturated carbocycles. The van der Waals surface area contributed by atoms with Crippen LogP contribution in [-0.4, -0.2) is 30.0 Å². The molecule has 0 aliphatic rings. The number of carbonyl (C=O) groups is 3. The highest BCUT2D eigenvalue weighted by Gasteiger charge is 2.18. The second-order valence-electron chi connectivity index (χ2n) is 6.03. The molecule has 0 aliphatic heterocycles. The number of hydrogen-bond donors (Lipinski definition) is 2. The molecule has 2 amide bonds. The normalized spacial score (nSPS) is 11.0. The minimum Gasteiger partial charge on any atom is -0.350 e. The molecule has 0 aliphatic carbocycles. The molecule has 0 aromatic heterocycles. The number of oxime groups is 1. The number of amides is 2. The van der Waals surface area contributed by atoms with E-state index in [1.165, 1.54) is 32.3 Å². The Morgan fingerprint density at radius 2 is 1.81 bits per heavy atom. The quantitative estimate of drug-likeness (QED) is 0.192. The summed E-state index contributed by atoms with van der Waals surface area (Å²) in [6.07, 6.45) is 5.58. The number of halogens is 1. The van der Waals surface area contributed by atoms with Crippen molar-refractivity contribution in [3.63, 3.8) is 0 Å². The molecule has 0 fully saturated rings. The lowest BCUT2D eigenvalue weighted by Crippen LogP contribution is -2.36. The molecule has 0 spiro atoms. The number of nitrogens with one attached hydrogen (secondary N) is 2. The maximum Gasteiger partial charge on any atom is 0.437 e. The SMILES string of the molecule is CCCCCCCCNC(=O)/C(=N/OC(=O)Nc1cccc(Cl)c1)C(C)=O. The first-order chi connectivity index (χ1) is 12.9. The van der Waals surface area contributed by atoms with Gasteiger partial charge in [0.05, 0.1) is 0 Å². The largest absolute Gasteiger partial charge is 0.437 e. The van der Waals surface area contributed by atoms with Crippen molar-refractivity contribution in [2.45, 2.75) is 52.4 Å². The lowest BCUT2D eigenvalue weighted by atomic mass is 10.1. The molecule has 27 heavy (non-hydrogen) atoms. The number of carbonyl (C=O) groups excluding carboxylic acids is 3. The minimum atomic E-state index is -0.931. The smallest absolute Gasteiger partial charge is 0.350 e. The molecule has 1 rings (SSSR count). The molecule has 0 saturated heterocycles. The molecule has 0 heterocycles. The van der Waals surface area contributed by atoms with E-state index in [1.54, 1.807) is 18.2 Å². The average molecular weight is 396 g/mol. The van der Waals surface area contributed by atoms with Gasteiger partial charge in [-0.2, -0.15) is 0 Å². The van der Waals surface area contributed by atoms with Crippen molar-refractivity contribution in [2.75, 3.05) is 11.9 Å². The fourth-order valence-corrected chi connectivity index (χ4v) is 2.44. The van der Waals surface area contributed by atoms with E-state index in [0.717, 1.165) is 19.3 Å². The second-order valence-corrected chi connectivity index (χ2v) is 6.47. The van der Waals surface area contributed by atoms with Crippen LogP contribution in [-0.2, 0) is 14.4 Å². The third-order valence-corrected chi connectivity index (χ3v) is 3.89. The standard InChI is InChI=1S/C19H26ClN3O4/c1-3-4-5-6-7-8-12-21-18(25)17(14(2)24)23-27-19(26)22-16-11-9-10-15(20)13-16/h9-11,13H,3-8,12H2,1-2H3,(H,21,25)(H,22,26)/b23-17+. The van der Waals surface area contributed by atoms with Crippen molar-refractivity contribution in [1.82, 2.24) is 5.32 Å². The van der Waals surface area contributed by atoms with Crippen molar-refractivity contribution >= 4 is 40.8 Å². The van der Waals surface area contributed by atoms with E-state index in [0.29, 0.717) is 17.3 Å². The number of hydrogen-bond acceptors (Lipinski definition) is 5. The number of nitrogens with zero attached hydrogens (tertiary/aromatic N) is 1. The summed E-state index contributed by atoms with van der Waals surface area (Å²) in [5.74, 6) is -1.25. The summed E-state index contributed by atoms with van der Waals surface area (Å²) in [7, 11) is 0. The Bertz CT molecular complexity index is 677. The number of Topliss-reactive ketones (excluding diaryl/α,β-unsaturated/α-hetero) is 1. The van der Waals surface area contributed by atoms with Gasteiger partial charge in [-0.15, -0.1) is 0 Å². The summed E-state index contributed by atoms with van der Waals surface area (Å²) in [6, 6.07) is 6.43. The first-order valence-corrected chi connectivity index (χ1v) is 9.42. The van der Waals surface area contributed by atoms with Crippen LogP contribution in [0, 0.1) is 0 Å². The van der Waals surface area contributed by atoms with Crippen LogP contribution in [0.2, 0.25) is 5.02 Å². The maximum atomic E-state index is 12.0. The Labute approximate surface area is 164 Å². The Morgan fingerprint density at radius 3 is 2.48 bits per heavy atom. The number of unbranched alkanes of at least 4 members (excludes halogenated alkanes) is 5. The molecular weight excluding hydrogens is 370 g/mol. The summed E-state index contributed by atoms with van der Waals surface area (Å²) >= 11 is 5.82. The van der Waals surface area contributed by atoms with Gasteiger partial charge in [-0.25, -0.2) is 4.79 Å². The lowest BCUT2D eigenvalue weighted by Gasteiger charge is -2.06. The molecule has 0 atom stereocenters. The second kappa shape index (κ2) is 12.9. The molecule has 7 nitrogen and oxygen atoms in total. The molecular formula is C19H26ClN3O4. The molecule has 8 heteroatoms. The van der Waals surface area contributed by atoms with E-state index >= 15 is 0 Å². The van der Waals surface area contributed by atoms with Gasteiger partial charge < -0.3 is 5.32 Å². The van der Waals surface area contributed by atoms with E-state index in [9.17, 15) is 14.4 Å². The minimum absolute atomic E-state index is 0.402. The van der Waals surface area contributed by atoms with Crippen LogP contribution in [0.15, 0.2) is 29.4 Å². The molecule has 0 unspecified atom stereocenters. The number of rotatable bonds is 11. The van der Waals surface area contributed by atoms with E-state index in [2.05, 4.69) is 27.6 Å². The van der Waals surface area contributed by atoms with E-state index in [1.807, 2.05) is 0 Å². The van der Waals surface area contributed by atoms with Gasteiger partial charge in [-0.3, -0.25) is 19.7 Å². The zero-order valence-corrected chi connectivity index (χ0v) is 16.5. The average Bonchev–Trinajstić information content (AvgIpc) is 2.60. The Balaban J connectivity index is 2.45. The predicted molar refractivity (Wildman–Crippen MR) is 106 cm³/mol. The third-order valence-electron chi connectivity index (χ3n) is 3.66. The molecule has 0 bridgehead atoms. The first kappa shape index (κ1) is 22.6. The highest BCUT2D eigenvalue weighted by atomic mass is 35.5. The predicted octanol–water partition coefficient (Wildman–Crippen LogP) is 4.31. The van der Waals surface area contributed by atoms with Crippen molar-refractivity contribution in [3.8, 4) is 0 Å². The molecule has 0 radical (unpaired) electrons. The summed E-state index contributed by atoms with van der Waals surface area (Å²) in [5, 5.41) is 8.84. The van der Waals surface area contributed by atoms with Crippen LogP contribution in [0.4, 0.5) is 10.5 Å². The van der Waals surface area contributed by atoms with Crippen LogP contribution >= 0.6 is 11.6 Å². The lowest BCUT2D eigenvalue weighted by molar-refractivity contribution is -0.117. The van der Waals surface area contributed by atoms with Gasteiger partial charge in [0.25, 0.3) is 5.91 Å². The molecule has 1 aromatic rings. The monoisotopic (exact) mass is 395 g/mol. The van der Waals surface area contributed by atoms with Gasteiger partial charge in [0.2, 0.25) is 5.71 Å². The molecule has 148 valence electrons. The fraction of sp³-hybridized carbons (Fsp3) is 0.474. The zero-order chi connectivity index (χ0) is 20.1. The number of benzene rings is 1. The maximum absolute atomic E-state index is 12.0. The van der Waals surface area contributed by atoms with Crippen LogP contribution in [0.1, 0.15) is 52.4 Å². The fourth-order valence-electron chi connectivity index (χ4n) is 2.25. The summed E-state index contributed by atoms with van der Waals surface area (Å²) in [5.41, 5.74) is -0.0539.